The number of fused-ring (bicyclic) bond motifs is 8. The highest BCUT2D eigenvalue weighted by Gasteiger charge is 2.76. The van der Waals surface area contributed by atoms with E-state index in [0.29, 0.717) is 30.5 Å². The number of aliphatic hydroxyl groups excluding tert-OH is 1. The summed E-state index contributed by atoms with van der Waals surface area (Å²) in [5.74, 6) is -2.23. The number of hydrogen-bond donors (Lipinski definition) is 3. The van der Waals surface area contributed by atoms with E-state index in [4.69, 9.17) is 33.2 Å². The Bertz CT molecular complexity index is 1940. The van der Waals surface area contributed by atoms with Crippen molar-refractivity contribution in [3.63, 3.8) is 0 Å². The van der Waals surface area contributed by atoms with E-state index < -0.39 is 101 Å². The molecule has 4 fully saturated rings. The van der Waals surface area contributed by atoms with Gasteiger partial charge in [0, 0.05) is 48.2 Å². The Morgan fingerprint density at radius 3 is 2.43 bits per heavy atom. The van der Waals surface area contributed by atoms with Crippen LogP contribution in [-0.2, 0) is 49.4 Å². The molecule has 1 aromatic carbocycles. The molecule has 16 heteroatoms. The molecule has 7 rings (SSSR count). The number of nitrogens with zero attached hydrogens (tertiary/aromatic N) is 2. The smallest absolute Gasteiger partial charge is 0.408 e. The Morgan fingerprint density at radius 2 is 1.83 bits per heavy atom. The van der Waals surface area contributed by atoms with Crippen LogP contribution in [0.4, 0.5) is 4.79 Å². The molecule has 2 saturated heterocycles. The van der Waals surface area contributed by atoms with Crippen molar-refractivity contribution >= 4 is 29.4 Å². The van der Waals surface area contributed by atoms with Crippen molar-refractivity contribution in [2.45, 2.75) is 147 Å². The fraction of sp³-hybridized carbons (Fsp3) is 0.682. The monoisotopic (exact) mass is 855 g/mol. The van der Waals surface area contributed by atoms with Gasteiger partial charge in [0.2, 0.25) is 0 Å². The Labute approximate surface area is 356 Å². The van der Waals surface area contributed by atoms with Crippen LogP contribution in [0.15, 0.2) is 53.1 Å². The lowest BCUT2D eigenvalue weighted by molar-refractivity contribution is -0.352. The number of aliphatic hydroxyl groups is 2. The normalized spacial score (nSPS) is 35.4. The van der Waals surface area contributed by atoms with Crippen LogP contribution in [0.5, 0.6) is 0 Å². The minimum Gasteiger partial charge on any atom is -0.456 e. The number of hydrogen-bond acceptors (Lipinski definition) is 15. The fourth-order valence-electron chi connectivity index (χ4n) is 10.6. The zero-order valence-corrected chi connectivity index (χ0v) is 37.1. The van der Waals surface area contributed by atoms with Crippen LogP contribution in [0.25, 0.3) is 0 Å². The number of amides is 1. The minimum atomic E-state index is -1.91. The van der Waals surface area contributed by atoms with Gasteiger partial charge in [0.25, 0.3) is 0 Å². The van der Waals surface area contributed by atoms with E-state index in [1.807, 2.05) is 70.1 Å². The largest absolute Gasteiger partial charge is 0.456 e. The number of esters is 2. The first-order chi connectivity index (χ1) is 28.1. The molecular weight excluding hydrogens is 795 g/mol. The summed E-state index contributed by atoms with van der Waals surface area (Å²) in [7, 11) is 3.87. The standard InChI is InChI=1S/C44H61N3O12S/c1-24-27(55-38(50)32(49)31(37-45-18-19-60-37)46-39(51)59-40(3,4)5)20-44(52)36(53-22-26-14-12-11-13-15-26)34-42(8,17-16-28-43(34,23-54-28)58-25(2)48)35-33(30(24)41(44,6)7)56-29(57-35)21-47(9)10/h11-15,18-19,27-29,31-36,49,52H,16-17,20-23H2,1-10H3,(H,46,51)/t27-,28+,29+,31+,32+,33+,34-,35+,36-,42+,43-,44+/m0/s1. The number of alkyl carbamates (subject to hydrolysis) is 1. The molecule has 0 unspecified atom stereocenters. The van der Waals surface area contributed by atoms with E-state index in [9.17, 15) is 24.6 Å². The van der Waals surface area contributed by atoms with Gasteiger partial charge in [-0.3, -0.25) is 4.79 Å². The lowest BCUT2D eigenvalue weighted by Gasteiger charge is -2.68. The Morgan fingerprint density at radius 1 is 1.12 bits per heavy atom. The van der Waals surface area contributed by atoms with Crippen LogP contribution < -0.4 is 5.32 Å². The molecule has 2 bridgehead atoms. The summed E-state index contributed by atoms with van der Waals surface area (Å²) >= 11 is 1.14. The van der Waals surface area contributed by atoms with Gasteiger partial charge in [-0.05, 0) is 71.3 Å². The number of rotatable bonds is 11. The lowest BCUT2D eigenvalue weighted by Crippen LogP contribution is -2.79. The number of carbonyl (C=O) groups is 3. The quantitative estimate of drug-likeness (QED) is 0.158. The summed E-state index contributed by atoms with van der Waals surface area (Å²) in [6.07, 6.45) is -4.88. The topological polar surface area (TPSA) is 184 Å². The zero-order chi connectivity index (χ0) is 43.6. The van der Waals surface area contributed by atoms with Crippen molar-refractivity contribution in [2.24, 2.45) is 16.7 Å². The number of benzene rings is 1. The van der Waals surface area contributed by atoms with Crippen LogP contribution in [0.3, 0.4) is 0 Å². The van der Waals surface area contributed by atoms with Crippen molar-refractivity contribution in [3.05, 3.63) is 63.6 Å². The van der Waals surface area contributed by atoms with Gasteiger partial charge in [-0.1, -0.05) is 51.1 Å². The second-order valence-electron chi connectivity index (χ2n) is 19.1. The third-order valence-electron chi connectivity index (χ3n) is 13.3. The van der Waals surface area contributed by atoms with Gasteiger partial charge in [-0.2, -0.15) is 0 Å². The summed E-state index contributed by atoms with van der Waals surface area (Å²) in [4.78, 5) is 46.7. The maximum Gasteiger partial charge on any atom is 0.408 e. The SMILES string of the molecule is CC(=O)O[C@@]12CO[C@@H]1CC[C@@]1(C)[C@@H]3O[C@H](CN(C)C)O[C@@H]3C3=C(C)[C@@H](OC(=O)[C@H](O)[C@@H](NC(=O)OC(C)(C)C)c4nccs4)C[C@@](O)([C@@H](OCc4ccccc4)[C@@H]12)C3(C)C. The number of carbonyl (C=O) groups excluding carboxylic acids is 3. The van der Waals surface area contributed by atoms with Crippen molar-refractivity contribution in [3.8, 4) is 0 Å². The summed E-state index contributed by atoms with van der Waals surface area (Å²) in [5.41, 5.74) is -3.58. The Hall–Kier alpha value is -3.48. The second kappa shape index (κ2) is 16.3. The summed E-state index contributed by atoms with van der Waals surface area (Å²) < 4.78 is 45.3. The molecule has 5 aliphatic rings. The van der Waals surface area contributed by atoms with E-state index in [1.165, 1.54) is 13.1 Å². The van der Waals surface area contributed by atoms with E-state index >= 15 is 0 Å². The molecule has 12 atom stereocenters. The van der Waals surface area contributed by atoms with E-state index in [1.54, 1.807) is 26.2 Å². The molecule has 3 aliphatic carbocycles. The number of thiazole rings is 1. The number of nitrogens with one attached hydrogen (secondary N) is 1. The van der Waals surface area contributed by atoms with Crippen LogP contribution in [0.2, 0.25) is 0 Å². The Balaban J connectivity index is 1.36. The van der Waals surface area contributed by atoms with Crippen LogP contribution in [0.1, 0.15) is 91.3 Å². The molecule has 1 aromatic heterocycles. The molecule has 330 valence electrons. The van der Waals surface area contributed by atoms with Crippen molar-refractivity contribution in [2.75, 3.05) is 27.2 Å². The van der Waals surface area contributed by atoms with Gasteiger partial charge in [-0.15, -0.1) is 11.3 Å². The molecule has 15 nitrogen and oxygen atoms in total. The minimum absolute atomic E-state index is 0.0910. The van der Waals surface area contributed by atoms with Gasteiger partial charge in [0.1, 0.15) is 40.6 Å². The summed E-state index contributed by atoms with van der Waals surface area (Å²) in [5, 5.41) is 30.1. The second-order valence-corrected chi connectivity index (χ2v) is 20.0. The van der Waals surface area contributed by atoms with Crippen LogP contribution >= 0.6 is 11.3 Å². The highest BCUT2D eigenvalue weighted by molar-refractivity contribution is 7.09. The molecular formula is C44H61N3O12S. The predicted molar refractivity (Wildman–Crippen MR) is 218 cm³/mol. The third-order valence-corrected chi connectivity index (χ3v) is 14.2. The van der Waals surface area contributed by atoms with Crippen molar-refractivity contribution in [1.82, 2.24) is 15.2 Å². The average Bonchev–Trinajstić information content (AvgIpc) is 3.83. The first-order valence-electron chi connectivity index (χ1n) is 20.7. The maximum atomic E-state index is 14.3. The molecule has 1 amide bonds. The number of likely N-dealkylation sites (N-methyl/N-ethyl adjacent to an activating group) is 1. The Kier molecular flexibility index (Phi) is 12.1. The molecule has 0 spiro atoms. The highest BCUT2D eigenvalue weighted by atomic mass is 32.1. The van der Waals surface area contributed by atoms with Gasteiger partial charge in [0.05, 0.1) is 25.4 Å². The van der Waals surface area contributed by atoms with Gasteiger partial charge in [0.15, 0.2) is 18.0 Å². The van der Waals surface area contributed by atoms with Gasteiger partial charge < -0.3 is 53.6 Å². The molecule has 2 saturated carbocycles. The zero-order valence-electron chi connectivity index (χ0n) is 36.3. The third kappa shape index (κ3) is 7.91. The first-order valence-corrected chi connectivity index (χ1v) is 21.6. The van der Waals surface area contributed by atoms with Gasteiger partial charge >= 0.3 is 18.0 Å². The van der Waals surface area contributed by atoms with Crippen LogP contribution in [-0.4, -0.2) is 125 Å². The molecule has 2 aromatic rings. The molecule has 0 radical (unpaired) electrons. The van der Waals surface area contributed by atoms with Crippen molar-refractivity contribution in [1.29, 1.82) is 0 Å². The predicted octanol–water partition coefficient (Wildman–Crippen LogP) is 4.85. The number of aromatic nitrogens is 1. The van der Waals surface area contributed by atoms with E-state index in [-0.39, 0.29) is 24.6 Å². The van der Waals surface area contributed by atoms with Gasteiger partial charge in [-0.25, -0.2) is 14.6 Å². The first kappa shape index (κ1) is 44.6. The number of ether oxygens (including phenoxy) is 7. The molecule has 3 N–H and O–H groups in total. The van der Waals surface area contributed by atoms with E-state index in [0.717, 1.165) is 16.9 Å². The highest BCUT2D eigenvalue weighted by Crippen LogP contribution is 2.66. The maximum absolute atomic E-state index is 14.3. The van der Waals surface area contributed by atoms with E-state index in [2.05, 4.69) is 17.2 Å². The average molecular weight is 856 g/mol. The molecule has 3 heterocycles. The molecule has 60 heavy (non-hydrogen) atoms. The lowest BCUT2D eigenvalue weighted by atomic mass is 9.45. The van der Waals surface area contributed by atoms with Crippen molar-refractivity contribution < 1.29 is 57.8 Å². The fourth-order valence-corrected chi connectivity index (χ4v) is 11.3. The summed E-state index contributed by atoms with van der Waals surface area (Å²) in [6, 6.07) is 8.32. The summed E-state index contributed by atoms with van der Waals surface area (Å²) in [6.45, 7) is 15.0. The molecule has 2 aliphatic heterocycles. The van der Waals surface area contributed by atoms with Crippen LogP contribution in [0, 0.1) is 16.7 Å².